The lowest BCUT2D eigenvalue weighted by molar-refractivity contribution is 0.102. The Morgan fingerprint density at radius 3 is 2.75 bits per heavy atom. The van der Waals surface area contributed by atoms with E-state index in [9.17, 15) is 13.6 Å². The second-order valence-corrected chi connectivity index (χ2v) is 6.43. The summed E-state index contributed by atoms with van der Waals surface area (Å²) in [7, 11) is 0. The maximum atomic E-state index is 13.4. The highest BCUT2D eigenvalue weighted by molar-refractivity contribution is 6.07. The number of amides is 1. The van der Waals surface area contributed by atoms with Gasteiger partial charge in [0.25, 0.3) is 5.91 Å². The van der Waals surface area contributed by atoms with Gasteiger partial charge >= 0.3 is 0 Å². The molecule has 0 fully saturated rings. The molecule has 1 aromatic heterocycles. The van der Waals surface area contributed by atoms with Gasteiger partial charge in [-0.05, 0) is 42.8 Å². The van der Waals surface area contributed by atoms with Crippen molar-refractivity contribution in [3.8, 4) is 5.75 Å². The largest absolute Gasteiger partial charge is 0.489 e. The standard InChI is InChI=1S/C21H17F2N3O2/c1-13-5-8-19(24-12-13)26-9-10-28-20-15(3-2-4-18(20)26)21(27)25-14-6-7-16(22)17(23)11-14/h2-8,11-12H,9-10H2,1H3,(H,25,27). The van der Waals surface area contributed by atoms with Crippen LogP contribution in [0, 0.1) is 18.6 Å². The first kappa shape index (κ1) is 17.9. The van der Waals surface area contributed by atoms with Crippen molar-refractivity contribution in [2.45, 2.75) is 6.92 Å². The van der Waals surface area contributed by atoms with E-state index < -0.39 is 17.5 Å². The summed E-state index contributed by atoms with van der Waals surface area (Å²) in [5.74, 6) is -1.29. The van der Waals surface area contributed by atoms with Crippen LogP contribution in [-0.2, 0) is 0 Å². The first-order valence-corrected chi connectivity index (χ1v) is 8.75. The maximum Gasteiger partial charge on any atom is 0.259 e. The van der Waals surface area contributed by atoms with Gasteiger partial charge < -0.3 is 15.0 Å². The highest BCUT2D eigenvalue weighted by atomic mass is 19.2. The van der Waals surface area contributed by atoms with Crippen molar-refractivity contribution in [3.63, 3.8) is 0 Å². The van der Waals surface area contributed by atoms with Gasteiger partial charge in [0.1, 0.15) is 12.4 Å². The lowest BCUT2D eigenvalue weighted by atomic mass is 10.1. The molecule has 5 nitrogen and oxygen atoms in total. The fraction of sp³-hybridized carbons (Fsp3) is 0.143. The van der Waals surface area contributed by atoms with Crippen molar-refractivity contribution in [2.24, 2.45) is 0 Å². The first-order valence-electron chi connectivity index (χ1n) is 8.75. The molecule has 0 spiro atoms. The van der Waals surface area contributed by atoms with Crippen LogP contribution in [0.2, 0.25) is 0 Å². The van der Waals surface area contributed by atoms with Crippen LogP contribution in [0.25, 0.3) is 0 Å². The van der Waals surface area contributed by atoms with Crippen LogP contribution in [0.15, 0.2) is 54.7 Å². The Morgan fingerprint density at radius 2 is 2.00 bits per heavy atom. The van der Waals surface area contributed by atoms with E-state index in [0.29, 0.717) is 24.5 Å². The second-order valence-electron chi connectivity index (χ2n) is 6.43. The van der Waals surface area contributed by atoms with Gasteiger partial charge in [-0.1, -0.05) is 12.1 Å². The molecule has 4 rings (SSSR count). The molecule has 0 bridgehead atoms. The van der Waals surface area contributed by atoms with Crippen LogP contribution >= 0.6 is 0 Å². The molecule has 142 valence electrons. The number of para-hydroxylation sites is 1. The number of halogens is 2. The summed E-state index contributed by atoms with van der Waals surface area (Å²) in [6, 6.07) is 12.3. The Labute approximate surface area is 160 Å². The summed E-state index contributed by atoms with van der Waals surface area (Å²) in [4.78, 5) is 19.2. The second kappa shape index (κ2) is 7.26. The molecular weight excluding hydrogens is 364 g/mol. The van der Waals surface area contributed by atoms with Crippen molar-refractivity contribution in [1.82, 2.24) is 4.98 Å². The molecule has 0 unspecified atom stereocenters. The molecule has 0 aliphatic carbocycles. The number of pyridine rings is 1. The van der Waals surface area contributed by atoms with E-state index in [1.165, 1.54) is 6.07 Å². The number of aromatic nitrogens is 1. The Balaban J connectivity index is 1.66. The summed E-state index contributed by atoms with van der Waals surface area (Å²) in [5, 5.41) is 2.58. The molecule has 2 aromatic carbocycles. The molecule has 0 radical (unpaired) electrons. The summed E-state index contributed by atoms with van der Waals surface area (Å²) < 4.78 is 32.3. The summed E-state index contributed by atoms with van der Waals surface area (Å²) in [6.07, 6.45) is 1.78. The SMILES string of the molecule is Cc1ccc(N2CCOc3c(C(=O)Nc4ccc(F)c(F)c4)cccc32)nc1. The van der Waals surface area contributed by atoms with Crippen molar-refractivity contribution in [3.05, 3.63) is 77.5 Å². The maximum absolute atomic E-state index is 13.4. The Hall–Kier alpha value is -3.48. The lowest BCUT2D eigenvalue weighted by Crippen LogP contribution is -2.30. The highest BCUT2D eigenvalue weighted by Gasteiger charge is 2.25. The van der Waals surface area contributed by atoms with Gasteiger partial charge in [-0.2, -0.15) is 0 Å². The topological polar surface area (TPSA) is 54.5 Å². The fourth-order valence-electron chi connectivity index (χ4n) is 3.06. The van der Waals surface area contributed by atoms with Gasteiger partial charge in [-0.3, -0.25) is 4.79 Å². The van der Waals surface area contributed by atoms with E-state index in [1.54, 1.807) is 18.3 Å². The molecule has 7 heteroatoms. The van der Waals surface area contributed by atoms with E-state index in [0.717, 1.165) is 29.2 Å². The van der Waals surface area contributed by atoms with Crippen molar-refractivity contribution in [1.29, 1.82) is 0 Å². The number of nitrogens with one attached hydrogen (secondary N) is 1. The summed E-state index contributed by atoms with van der Waals surface area (Å²) in [5.41, 5.74) is 2.24. The number of rotatable bonds is 3. The van der Waals surface area contributed by atoms with Gasteiger partial charge in [0.05, 0.1) is 17.8 Å². The number of benzene rings is 2. The highest BCUT2D eigenvalue weighted by Crippen LogP contribution is 2.38. The van der Waals surface area contributed by atoms with Crippen molar-refractivity contribution < 1.29 is 18.3 Å². The van der Waals surface area contributed by atoms with Crippen LogP contribution in [0.3, 0.4) is 0 Å². The molecule has 3 aromatic rings. The van der Waals surface area contributed by atoms with E-state index in [1.807, 2.05) is 30.0 Å². The Bertz CT molecular complexity index is 1040. The lowest BCUT2D eigenvalue weighted by Gasteiger charge is -2.31. The van der Waals surface area contributed by atoms with Crippen LogP contribution in [0.1, 0.15) is 15.9 Å². The quantitative estimate of drug-likeness (QED) is 0.728. The van der Waals surface area contributed by atoms with E-state index >= 15 is 0 Å². The average Bonchev–Trinajstić information content (AvgIpc) is 2.70. The zero-order chi connectivity index (χ0) is 19.7. The summed E-state index contributed by atoms with van der Waals surface area (Å²) >= 11 is 0. The minimum Gasteiger partial charge on any atom is -0.489 e. The molecule has 1 aliphatic heterocycles. The van der Waals surface area contributed by atoms with Crippen LogP contribution in [-0.4, -0.2) is 24.0 Å². The predicted molar refractivity (Wildman–Crippen MR) is 102 cm³/mol. The molecule has 0 saturated carbocycles. The zero-order valence-electron chi connectivity index (χ0n) is 15.1. The van der Waals surface area contributed by atoms with E-state index in [4.69, 9.17) is 4.74 Å². The number of aryl methyl sites for hydroxylation is 1. The first-order chi connectivity index (χ1) is 13.5. The third-order valence-electron chi connectivity index (χ3n) is 4.44. The number of anilines is 3. The van der Waals surface area contributed by atoms with Gasteiger partial charge in [0.15, 0.2) is 17.4 Å². The van der Waals surface area contributed by atoms with E-state index in [-0.39, 0.29) is 5.69 Å². The number of fused-ring (bicyclic) bond motifs is 1. The third kappa shape index (κ3) is 3.38. The number of carbonyl (C=O) groups excluding carboxylic acids is 1. The normalized spacial score (nSPS) is 12.9. The molecule has 1 amide bonds. The van der Waals surface area contributed by atoms with Crippen molar-refractivity contribution >= 4 is 23.1 Å². The molecule has 1 aliphatic rings. The number of ether oxygens (including phenoxy) is 1. The number of nitrogens with zero attached hydrogens (tertiary/aromatic N) is 2. The number of carbonyl (C=O) groups is 1. The molecule has 28 heavy (non-hydrogen) atoms. The van der Waals surface area contributed by atoms with Crippen molar-refractivity contribution in [2.75, 3.05) is 23.4 Å². The average molecular weight is 381 g/mol. The minimum absolute atomic E-state index is 0.161. The number of hydrogen-bond donors (Lipinski definition) is 1. The monoisotopic (exact) mass is 381 g/mol. The molecular formula is C21H17F2N3O2. The van der Waals surface area contributed by atoms with Gasteiger partial charge in [-0.25, -0.2) is 13.8 Å². The molecule has 0 atom stereocenters. The molecule has 0 saturated heterocycles. The smallest absolute Gasteiger partial charge is 0.259 e. The summed E-state index contributed by atoms with van der Waals surface area (Å²) in [6.45, 7) is 2.94. The predicted octanol–water partition coefficient (Wildman–Crippen LogP) is 4.45. The number of hydrogen-bond acceptors (Lipinski definition) is 4. The fourth-order valence-corrected chi connectivity index (χ4v) is 3.06. The van der Waals surface area contributed by atoms with Gasteiger partial charge in [0, 0.05) is 18.0 Å². The van der Waals surface area contributed by atoms with Gasteiger partial charge in [-0.15, -0.1) is 0 Å². The Morgan fingerprint density at radius 1 is 1.14 bits per heavy atom. The minimum atomic E-state index is -1.03. The molecule has 2 heterocycles. The third-order valence-corrected chi connectivity index (χ3v) is 4.44. The van der Waals surface area contributed by atoms with Crippen LogP contribution < -0.4 is 15.0 Å². The molecule has 1 N–H and O–H groups in total. The Kier molecular flexibility index (Phi) is 4.65. The van der Waals surface area contributed by atoms with E-state index in [2.05, 4.69) is 10.3 Å². The van der Waals surface area contributed by atoms with Crippen LogP contribution in [0.5, 0.6) is 5.75 Å². The van der Waals surface area contributed by atoms with Gasteiger partial charge in [0.2, 0.25) is 0 Å². The zero-order valence-corrected chi connectivity index (χ0v) is 15.1. The van der Waals surface area contributed by atoms with Crippen LogP contribution in [0.4, 0.5) is 26.0 Å².